The lowest BCUT2D eigenvalue weighted by Gasteiger charge is -2.27. The highest BCUT2D eigenvalue weighted by Crippen LogP contribution is 2.36. The topological polar surface area (TPSA) is 157 Å². The third-order valence-electron chi connectivity index (χ3n) is 5.68. The molecular formula is C19H22BN5O6. The van der Waals surface area contributed by atoms with Crippen molar-refractivity contribution in [2.24, 2.45) is 5.92 Å². The largest absolute Gasteiger partial charge is 0.535 e. The number of aromatic nitrogens is 4. The summed E-state index contributed by atoms with van der Waals surface area (Å²) in [6, 6.07) is 4.69. The molecule has 12 heteroatoms. The molecule has 3 heterocycles. The molecule has 0 aliphatic carbocycles. The number of carbonyl (C=O) groups excluding carboxylic acids is 2. The molecule has 11 nitrogen and oxygen atoms in total. The number of nitrogens with one attached hydrogen (secondary N) is 1. The number of tetrazole rings is 1. The second-order valence-corrected chi connectivity index (χ2v) is 7.96. The fourth-order valence-corrected chi connectivity index (χ4v) is 4.11. The van der Waals surface area contributed by atoms with Gasteiger partial charge in [-0.25, -0.2) is 9.48 Å². The number of Topliss-reactive ketones (excluding diaryl/α,β-unsaturated/α-hetero) is 2. The van der Waals surface area contributed by atoms with Crippen molar-refractivity contribution in [1.29, 1.82) is 0 Å². The highest BCUT2D eigenvalue weighted by Gasteiger charge is 2.38. The Morgan fingerprint density at radius 3 is 2.87 bits per heavy atom. The number of carbonyl (C=O) groups is 3. The number of ketones is 2. The fourth-order valence-electron chi connectivity index (χ4n) is 4.11. The van der Waals surface area contributed by atoms with Crippen molar-refractivity contribution in [3.63, 3.8) is 0 Å². The zero-order chi connectivity index (χ0) is 22.0. The maximum atomic E-state index is 12.8. The SMILES string of the molecule is O=C(C[C@H]1CCNC1)Cn1nnnc1C(=O)C[C@H]1Cc2cccc(C(=O)O)c2OB1O. The summed E-state index contributed by atoms with van der Waals surface area (Å²) in [5.41, 5.74) is 0.559. The summed E-state index contributed by atoms with van der Waals surface area (Å²) in [5.74, 6) is -1.88. The molecule has 2 aliphatic heterocycles. The van der Waals surface area contributed by atoms with Gasteiger partial charge in [0.25, 0.3) is 0 Å². The van der Waals surface area contributed by atoms with Gasteiger partial charge in [0.05, 0.1) is 5.56 Å². The summed E-state index contributed by atoms with van der Waals surface area (Å²) < 4.78 is 6.62. The number of hydrogen-bond acceptors (Lipinski definition) is 9. The maximum Gasteiger partial charge on any atom is 0.526 e. The van der Waals surface area contributed by atoms with Gasteiger partial charge in [-0.05, 0) is 53.9 Å². The molecule has 0 unspecified atom stereocenters. The Labute approximate surface area is 177 Å². The minimum atomic E-state index is -1.35. The quantitative estimate of drug-likeness (QED) is 0.387. The third-order valence-corrected chi connectivity index (χ3v) is 5.68. The van der Waals surface area contributed by atoms with Crippen LogP contribution in [0.3, 0.4) is 0 Å². The smallest absolute Gasteiger partial charge is 0.526 e. The van der Waals surface area contributed by atoms with Crippen molar-refractivity contribution < 1.29 is 29.2 Å². The Morgan fingerprint density at radius 2 is 2.13 bits per heavy atom. The van der Waals surface area contributed by atoms with Crippen LogP contribution in [0.1, 0.15) is 45.8 Å². The lowest BCUT2D eigenvalue weighted by atomic mass is 9.64. The Hall–Kier alpha value is -3.12. The molecule has 3 N–H and O–H groups in total. The van der Waals surface area contributed by atoms with Gasteiger partial charge >= 0.3 is 13.1 Å². The van der Waals surface area contributed by atoms with Crippen LogP contribution in [0.25, 0.3) is 0 Å². The molecule has 1 aromatic heterocycles. The normalized spacial score (nSPS) is 20.2. The number of benzene rings is 1. The predicted octanol–water partition coefficient (Wildman–Crippen LogP) is -0.00140. The zero-order valence-corrected chi connectivity index (χ0v) is 16.7. The van der Waals surface area contributed by atoms with Crippen molar-refractivity contribution in [3.8, 4) is 5.75 Å². The number of nitrogens with zero attached hydrogens (tertiary/aromatic N) is 4. The monoisotopic (exact) mass is 427 g/mol. The Balaban J connectivity index is 1.42. The average molecular weight is 427 g/mol. The van der Waals surface area contributed by atoms with Crippen LogP contribution in [0, 0.1) is 5.92 Å². The predicted molar refractivity (Wildman–Crippen MR) is 107 cm³/mol. The minimum absolute atomic E-state index is 0.0405. The number of aromatic carboxylic acids is 1. The van der Waals surface area contributed by atoms with E-state index in [1.165, 1.54) is 10.7 Å². The first-order chi connectivity index (χ1) is 14.9. The number of carboxylic acids is 1. The van der Waals surface area contributed by atoms with E-state index in [4.69, 9.17) is 4.65 Å². The first-order valence-corrected chi connectivity index (χ1v) is 10.1. The molecular weight excluding hydrogens is 405 g/mol. The van der Waals surface area contributed by atoms with Gasteiger partial charge in [0.2, 0.25) is 11.6 Å². The van der Waals surface area contributed by atoms with E-state index in [1.807, 2.05) is 0 Å². The summed E-state index contributed by atoms with van der Waals surface area (Å²) in [5, 5.41) is 33.9. The molecule has 1 aromatic carbocycles. The summed E-state index contributed by atoms with van der Waals surface area (Å²) in [6.45, 7) is 1.62. The molecule has 4 rings (SSSR count). The first kappa shape index (κ1) is 21.1. The standard InChI is InChI=1S/C19H22BN5O6/c26-14(6-11-4-5-21-9-11)10-25-18(22-23-24-25)16(27)8-13-7-12-2-1-3-15(19(28)29)17(12)31-20(13)30/h1-3,11,13,21,30H,4-10H2,(H,28,29)/t11-,13-/m1/s1. The van der Waals surface area contributed by atoms with Crippen molar-refractivity contribution in [1.82, 2.24) is 25.5 Å². The molecule has 0 saturated carbocycles. The van der Waals surface area contributed by atoms with Crippen LogP contribution in [0.15, 0.2) is 18.2 Å². The van der Waals surface area contributed by atoms with E-state index in [9.17, 15) is 24.5 Å². The number of rotatable bonds is 8. The Bertz CT molecular complexity index is 1010. The van der Waals surface area contributed by atoms with Crippen LogP contribution in [0.2, 0.25) is 5.82 Å². The van der Waals surface area contributed by atoms with Crippen LogP contribution in [0.5, 0.6) is 5.75 Å². The van der Waals surface area contributed by atoms with Gasteiger partial charge in [-0.2, -0.15) is 0 Å². The van der Waals surface area contributed by atoms with Crippen molar-refractivity contribution >= 4 is 24.7 Å². The summed E-state index contributed by atoms with van der Waals surface area (Å²) in [7, 11) is -1.35. The van der Waals surface area contributed by atoms with E-state index in [0.717, 1.165) is 19.5 Å². The van der Waals surface area contributed by atoms with Gasteiger partial charge in [-0.15, -0.1) is 5.10 Å². The fraction of sp³-hybridized carbons (Fsp3) is 0.474. The van der Waals surface area contributed by atoms with Crippen LogP contribution >= 0.6 is 0 Å². The molecule has 2 aromatic rings. The van der Waals surface area contributed by atoms with Crippen LogP contribution < -0.4 is 9.97 Å². The van der Waals surface area contributed by atoms with Gasteiger partial charge in [-0.3, -0.25) is 9.59 Å². The summed E-state index contributed by atoms with van der Waals surface area (Å²) >= 11 is 0. The highest BCUT2D eigenvalue weighted by atomic mass is 16.5. The van der Waals surface area contributed by atoms with E-state index >= 15 is 0 Å². The molecule has 1 saturated heterocycles. The summed E-state index contributed by atoms with van der Waals surface area (Å²) in [6.07, 6.45) is 1.49. The number of carboxylic acid groups (broad SMARTS) is 1. The summed E-state index contributed by atoms with van der Waals surface area (Å²) in [4.78, 5) is 36.5. The van der Waals surface area contributed by atoms with Crippen molar-refractivity contribution in [2.45, 2.75) is 38.0 Å². The van der Waals surface area contributed by atoms with Crippen LogP contribution in [-0.4, -0.2) is 68.1 Å². The Morgan fingerprint density at radius 1 is 1.29 bits per heavy atom. The third kappa shape index (κ3) is 4.64. The molecule has 31 heavy (non-hydrogen) atoms. The van der Waals surface area contributed by atoms with E-state index in [1.54, 1.807) is 12.1 Å². The van der Waals surface area contributed by atoms with E-state index < -0.39 is 24.7 Å². The maximum absolute atomic E-state index is 12.8. The lowest BCUT2D eigenvalue weighted by Crippen LogP contribution is -2.36. The molecule has 1 fully saturated rings. The molecule has 0 bridgehead atoms. The molecule has 0 radical (unpaired) electrons. The van der Waals surface area contributed by atoms with Gasteiger partial charge in [0.15, 0.2) is 5.78 Å². The minimum Gasteiger partial charge on any atom is -0.535 e. The Kier molecular flexibility index (Phi) is 6.09. The van der Waals surface area contributed by atoms with E-state index in [-0.39, 0.29) is 48.2 Å². The first-order valence-electron chi connectivity index (χ1n) is 10.1. The van der Waals surface area contributed by atoms with E-state index in [0.29, 0.717) is 12.0 Å². The van der Waals surface area contributed by atoms with E-state index in [2.05, 4.69) is 20.8 Å². The molecule has 0 amide bonds. The van der Waals surface area contributed by atoms with Gasteiger partial charge in [0, 0.05) is 18.7 Å². The number of hydrogen-bond donors (Lipinski definition) is 3. The molecule has 2 atom stereocenters. The second kappa shape index (κ2) is 8.94. The van der Waals surface area contributed by atoms with Crippen molar-refractivity contribution in [2.75, 3.05) is 13.1 Å². The lowest BCUT2D eigenvalue weighted by molar-refractivity contribution is -0.120. The number of para-hydroxylation sites is 1. The second-order valence-electron chi connectivity index (χ2n) is 7.96. The van der Waals surface area contributed by atoms with Gasteiger partial charge in [0.1, 0.15) is 12.3 Å². The molecule has 0 spiro atoms. The van der Waals surface area contributed by atoms with Crippen LogP contribution in [0.4, 0.5) is 0 Å². The highest BCUT2D eigenvalue weighted by molar-refractivity contribution is 6.47. The van der Waals surface area contributed by atoms with Gasteiger partial charge < -0.3 is 20.1 Å². The van der Waals surface area contributed by atoms with Gasteiger partial charge in [-0.1, -0.05) is 12.1 Å². The molecule has 162 valence electrons. The average Bonchev–Trinajstić information content (AvgIpc) is 3.40. The van der Waals surface area contributed by atoms with Crippen molar-refractivity contribution in [3.05, 3.63) is 35.2 Å². The number of fused-ring (bicyclic) bond motifs is 1. The van der Waals surface area contributed by atoms with Crippen LogP contribution in [-0.2, 0) is 17.8 Å². The zero-order valence-electron chi connectivity index (χ0n) is 16.7. The molecule has 2 aliphatic rings.